The smallest absolute Gasteiger partial charge is 0.254 e. The van der Waals surface area contributed by atoms with Gasteiger partial charge in [-0.25, -0.2) is 0 Å². The third-order valence-corrected chi connectivity index (χ3v) is 8.36. The highest BCUT2D eigenvalue weighted by atomic mass is 16.3. The summed E-state index contributed by atoms with van der Waals surface area (Å²) < 4.78 is 0. The molecule has 1 amide bonds. The first kappa shape index (κ1) is 32.6. The lowest BCUT2D eigenvalue weighted by Crippen LogP contribution is -2.34. The van der Waals surface area contributed by atoms with Crippen molar-refractivity contribution in [1.82, 2.24) is 4.90 Å². The molecule has 0 aliphatic carbocycles. The van der Waals surface area contributed by atoms with Gasteiger partial charge in [0.2, 0.25) is 0 Å². The molecule has 0 unspecified atom stereocenters. The molecule has 4 aromatic rings. The average molecular weight is 588 g/mol. The number of nitrogens with zero attached hydrogens (tertiary/aromatic N) is 1. The van der Waals surface area contributed by atoms with E-state index in [0.29, 0.717) is 30.5 Å². The minimum absolute atomic E-state index is 0.0622. The van der Waals surface area contributed by atoms with Crippen molar-refractivity contribution < 1.29 is 14.7 Å². The van der Waals surface area contributed by atoms with E-state index in [1.165, 1.54) is 11.1 Å². The molecule has 1 N–H and O–H groups in total. The second-order valence-electron chi connectivity index (χ2n) is 11.9. The molecule has 0 aliphatic heterocycles. The van der Waals surface area contributed by atoms with Gasteiger partial charge in [0.25, 0.3) is 5.91 Å². The number of hydrogen-bond donors (Lipinski definition) is 1. The van der Waals surface area contributed by atoms with E-state index < -0.39 is 6.10 Å². The van der Waals surface area contributed by atoms with Gasteiger partial charge in [-0.2, -0.15) is 0 Å². The number of Topliss-reactive ketones (excluding diaryl/α,β-unsaturated/α-hetero) is 1. The van der Waals surface area contributed by atoms with Crippen LogP contribution < -0.4 is 0 Å². The summed E-state index contributed by atoms with van der Waals surface area (Å²) in [7, 11) is 0. The van der Waals surface area contributed by atoms with Crippen molar-refractivity contribution in [3.05, 3.63) is 155 Å². The molecular weight excluding hydrogens is 542 g/mol. The standard InChI is InChI=1S/C40H45NO3/c1-5-22-41(31(4)34-19-10-7-11-20-34)40(44)37-25-30(3)24-35(27-37)39(43)28-36(26-33-15-8-6-9-16-33)38(42)21-13-18-32-17-12-14-29(2)23-32/h5-12,14-17,19-20,23-25,27,31,36,38,42H,1,13,18,21-22,26,28H2,2-4H3/t31-,36-,38-/m1/s1. The van der Waals surface area contributed by atoms with Crippen molar-refractivity contribution in [3.8, 4) is 0 Å². The second-order valence-corrected chi connectivity index (χ2v) is 11.9. The lowest BCUT2D eigenvalue weighted by atomic mass is 9.85. The number of carbonyl (C=O) groups is 2. The normalized spacial score (nSPS) is 13.1. The van der Waals surface area contributed by atoms with E-state index in [1.807, 2.05) is 86.6 Å². The Balaban J connectivity index is 1.52. The highest BCUT2D eigenvalue weighted by Crippen LogP contribution is 2.26. The van der Waals surface area contributed by atoms with E-state index in [4.69, 9.17) is 0 Å². The van der Waals surface area contributed by atoms with Crippen molar-refractivity contribution in [1.29, 1.82) is 0 Å². The molecule has 0 spiro atoms. The molecule has 0 saturated heterocycles. The summed E-state index contributed by atoms with van der Waals surface area (Å²) in [6.07, 6.45) is 4.26. The van der Waals surface area contributed by atoms with Crippen LogP contribution in [0.5, 0.6) is 0 Å². The monoisotopic (exact) mass is 587 g/mol. The molecule has 4 heteroatoms. The van der Waals surface area contributed by atoms with Crippen LogP contribution in [0.4, 0.5) is 0 Å². The Kier molecular flexibility index (Phi) is 11.8. The van der Waals surface area contributed by atoms with Gasteiger partial charge >= 0.3 is 0 Å². The summed E-state index contributed by atoms with van der Waals surface area (Å²) in [5, 5.41) is 11.4. The van der Waals surface area contributed by atoms with E-state index in [9.17, 15) is 14.7 Å². The molecule has 0 saturated carbocycles. The van der Waals surface area contributed by atoms with Crippen molar-refractivity contribution >= 4 is 11.7 Å². The first-order valence-electron chi connectivity index (χ1n) is 15.6. The van der Waals surface area contributed by atoms with Gasteiger partial charge in [-0.3, -0.25) is 9.59 Å². The summed E-state index contributed by atoms with van der Waals surface area (Å²) in [5.41, 5.74) is 6.46. The topological polar surface area (TPSA) is 57.6 Å². The van der Waals surface area contributed by atoms with Crippen LogP contribution in [0.1, 0.15) is 80.8 Å². The Morgan fingerprint density at radius 1 is 0.818 bits per heavy atom. The highest BCUT2D eigenvalue weighted by Gasteiger charge is 2.26. The fourth-order valence-corrected chi connectivity index (χ4v) is 5.94. The molecule has 0 aliphatic rings. The van der Waals surface area contributed by atoms with E-state index in [2.05, 4.69) is 37.8 Å². The van der Waals surface area contributed by atoms with Crippen LogP contribution >= 0.6 is 0 Å². The van der Waals surface area contributed by atoms with Crippen molar-refractivity contribution in [2.45, 2.75) is 65.0 Å². The molecule has 0 heterocycles. The molecule has 0 radical (unpaired) electrons. The Hall–Kier alpha value is -4.28. The Morgan fingerprint density at radius 3 is 2.16 bits per heavy atom. The van der Waals surface area contributed by atoms with E-state index in [0.717, 1.165) is 29.5 Å². The molecular formula is C40H45NO3. The maximum Gasteiger partial charge on any atom is 0.254 e. The lowest BCUT2D eigenvalue weighted by molar-refractivity contribution is 0.0714. The van der Waals surface area contributed by atoms with Crippen LogP contribution in [0.3, 0.4) is 0 Å². The van der Waals surface area contributed by atoms with Crippen molar-refractivity contribution in [2.24, 2.45) is 5.92 Å². The predicted octanol–water partition coefficient (Wildman–Crippen LogP) is 8.51. The number of benzene rings is 4. The first-order valence-corrected chi connectivity index (χ1v) is 15.6. The Morgan fingerprint density at radius 2 is 1.48 bits per heavy atom. The molecule has 4 nitrogen and oxygen atoms in total. The van der Waals surface area contributed by atoms with Crippen LogP contribution in [-0.2, 0) is 12.8 Å². The fraction of sp³-hybridized carbons (Fsp3) is 0.300. The van der Waals surface area contributed by atoms with E-state index >= 15 is 0 Å². The van der Waals surface area contributed by atoms with Crippen molar-refractivity contribution in [2.75, 3.05) is 6.54 Å². The maximum absolute atomic E-state index is 13.8. The minimum atomic E-state index is -0.621. The van der Waals surface area contributed by atoms with E-state index in [1.54, 1.807) is 17.0 Å². The Bertz CT molecular complexity index is 1530. The molecule has 3 atom stereocenters. The molecule has 228 valence electrons. The number of rotatable bonds is 15. The van der Waals surface area contributed by atoms with Gasteiger partial charge in [0, 0.05) is 24.1 Å². The summed E-state index contributed by atoms with van der Waals surface area (Å²) >= 11 is 0. The quantitative estimate of drug-likeness (QED) is 0.112. The SMILES string of the molecule is C=CCN(C(=O)c1cc(C)cc(C(=O)C[C@@H](Cc2ccccc2)[C@H](O)CCCc2cccc(C)c2)c1)[C@H](C)c1ccccc1. The van der Waals surface area contributed by atoms with Crippen LogP contribution in [0.15, 0.2) is 116 Å². The maximum atomic E-state index is 13.8. The van der Waals surface area contributed by atoms with Gasteiger partial charge in [0.1, 0.15) is 0 Å². The summed E-state index contributed by atoms with van der Waals surface area (Å²) in [6.45, 7) is 10.3. The predicted molar refractivity (Wildman–Crippen MR) is 180 cm³/mol. The number of aryl methyl sites for hydroxylation is 3. The van der Waals surface area contributed by atoms with Gasteiger partial charge in [0.15, 0.2) is 5.78 Å². The third-order valence-electron chi connectivity index (χ3n) is 8.36. The zero-order chi connectivity index (χ0) is 31.5. The number of aliphatic hydroxyl groups is 1. The lowest BCUT2D eigenvalue weighted by Gasteiger charge is -2.29. The zero-order valence-electron chi connectivity index (χ0n) is 26.3. The molecule has 0 aromatic heterocycles. The van der Waals surface area contributed by atoms with Gasteiger partial charge in [-0.1, -0.05) is 96.6 Å². The van der Waals surface area contributed by atoms with E-state index in [-0.39, 0.29) is 30.1 Å². The van der Waals surface area contributed by atoms with Crippen molar-refractivity contribution in [3.63, 3.8) is 0 Å². The molecule has 44 heavy (non-hydrogen) atoms. The van der Waals surface area contributed by atoms with Gasteiger partial charge in [-0.15, -0.1) is 6.58 Å². The molecule has 0 fully saturated rings. The minimum Gasteiger partial charge on any atom is -0.393 e. The number of carbonyl (C=O) groups excluding carboxylic acids is 2. The number of ketones is 1. The third kappa shape index (κ3) is 9.11. The zero-order valence-corrected chi connectivity index (χ0v) is 26.3. The van der Waals surface area contributed by atoms with Crippen LogP contribution in [0.25, 0.3) is 0 Å². The largest absolute Gasteiger partial charge is 0.393 e. The van der Waals surface area contributed by atoms with Crippen LogP contribution in [-0.4, -0.2) is 34.3 Å². The second kappa shape index (κ2) is 16.0. The summed E-state index contributed by atoms with van der Waals surface area (Å²) in [6, 6.07) is 33.7. The molecule has 0 bridgehead atoms. The molecule has 4 aromatic carbocycles. The number of amides is 1. The fourth-order valence-electron chi connectivity index (χ4n) is 5.94. The Labute approximate surface area is 263 Å². The summed E-state index contributed by atoms with van der Waals surface area (Å²) in [4.78, 5) is 29.4. The first-order chi connectivity index (χ1) is 21.2. The number of aliphatic hydroxyl groups excluding tert-OH is 1. The highest BCUT2D eigenvalue weighted by molar-refractivity contribution is 6.01. The van der Waals surface area contributed by atoms with Gasteiger partial charge in [-0.05, 0) is 92.8 Å². The van der Waals surface area contributed by atoms with Gasteiger partial charge < -0.3 is 10.0 Å². The van der Waals surface area contributed by atoms with Gasteiger partial charge in [0.05, 0.1) is 12.1 Å². The summed E-state index contributed by atoms with van der Waals surface area (Å²) in [5.74, 6) is -0.443. The average Bonchev–Trinajstić information content (AvgIpc) is 3.03. The van der Waals surface area contributed by atoms with Crippen LogP contribution in [0.2, 0.25) is 0 Å². The molecule has 4 rings (SSSR count). The number of hydrogen-bond acceptors (Lipinski definition) is 3. The van der Waals surface area contributed by atoms with Crippen LogP contribution in [0, 0.1) is 19.8 Å².